The van der Waals surface area contributed by atoms with Crippen molar-refractivity contribution in [2.24, 2.45) is 0 Å². The fourth-order valence-corrected chi connectivity index (χ4v) is 6.77. The summed E-state index contributed by atoms with van der Waals surface area (Å²) >= 11 is 1.45. The number of pyridine rings is 1. The second-order valence-electron chi connectivity index (χ2n) is 13.0. The van der Waals surface area contributed by atoms with Gasteiger partial charge in [0.2, 0.25) is 0 Å². The molecule has 0 unspecified atom stereocenters. The third kappa shape index (κ3) is 7.03. The van der Waals surface area contributed by atoms with Crippen LogP contribution in [0.5, 0.6) is 11.5 Å². The summed E-state index contributed by atoms with van der Waals surface area (Å²) < 4.78 is 13.1. The second kappa shape index (κ2) is 13.2. The lowest BCUT2D eigenvalue weighted by Crippen LogP contribution is -2.33. The van der Waals surface area contributed by atoms with Crippen molar-refractivity contribution in [2.75, 3.05) is 16.8 Å². The first-order chi connectivity index (χ1) is 23.6. The lowest BCUT2D eigenvalue weighted by atomic mass is 9.94. The average molecular weight is 669 g/mol. The monoisotopic (exact) mass is 668 g/mol. The van der Waals surface area contributed by atoms with E-state index in [1.807, 2.05) is 125 Å². The molecular formula is C40H36N4O4S. The van der Waals surface area contributed by atoms with E-state index in [-0.39, 0.29) is 11.6 Å². The molecule has 0 fully saturated rings. The number of fused-ring (bicyclic) bond motifs is 2. The van der Waals surface area contributed by atoms with E-state index in [0.717, 1.165) is 44.6 Å². The zero-order valence-electron chi connectivity index (χ0n) is 27.8. The molecule has 4 aromatic carbocycles. The number of amides is 1. The molecule has 0 aliphatic carbocycles. The summed E-state index contributed by atoms with van der Waals surface area (Å²) in [6, 6.07) is 33.0. The number of carbonyl (C=O) groups is 2. The van der Waals surface area contributed by atoms with Crippen molar-refractivity contribution in [1.29, 1.82) is 0 Å². The Kier molecular flexibility index (Phi) is 8.60. The molecule has 246 valence electrons. The van der Waals surface area contributed by atoms with Gasteiger partial charge in [0, 0.05) is 24.2 Å². The Morgan fingerprint density at radius 2 is 1.67 bits per heavy atom. The summed E-state index contributed by atoms with van der Waals surface area (Å²) in [6.45, 7) is 8.64. The number of hydrogen-bond donors (Lipinski definition) is 1. The molecule has 0 spiro atoms. The van der Waals surface area contributed by atoms with Gasteiger partial charge < -0.3 is 14.4 Å². The van der Waals surface area contributed by atoms with E-state index >= 15 is 0 Å². The summed E-state index contributed by atoms with van der Waals surface area (Å²) in [5.41, 5.74) is 5.39. The fraction of sp³-hybridized carbons (Fsp3) is 0.200. The molecule has 9 heteroatoms. The van der Waals surface area contributed by atoms with Crippen molar-refractivity contribution in [1.82, 2.24) is 9.97 Å². The minimum Gasteiger partial charge on any atom is -0.457 e. The number of esters is 1. The molecule has 7 rings (SSSR count). The van der Waals surface area contributed by atoms with Gasteiger partial charge >= 0.3 is 5.97 Å². The van der Waals surface area contributed by atoms with Crippen LogP contribution in [0.25, 0.3) is 21.3 Å². The number of thiazole rings is 1. The van der Waals surface area contributed by atoms with Crippen molar-refractivity contribution in [3.05, 3.63) is 131 Å². The van der Waals surface area contributed by atoms with E-state index < -0.39 is 11.6 Å². The summed E-state index contributed by atoms with van der Waals surface area (Å²) in [6.07, 6.45) is 0.723. The Bertz CT molecular complexity index is 2160. The lowest BCUT2D eigenvalue weighted by Gasteiger charge is -2.31. The third-order valence-corrected chi connectivity index (χ3v) is 9.25. The normalized spacial score (nSPS) is 12.8. The number of aryl methyl sites for hydroxylation is 1. The van der Waals surface area contributed by atoms with Crippen molar-refractivity contribution in [2.45, 2.75) is 46.3 Å². The van der Waals surface area contributed by atoms with E-state index in [1.165, 1.54) is 11.3 Å². The molecule has 3 heterocycles. The van der Waals surface area contributed by atoms with E-state index in [9.17, 15) is 9.59 Å². The first-order valence-corrected chi connectivity index (χ1v) is 17.0. The van der Waals surface area contributed by atoms with E-state index in [4.69, 9.17) is 14.5 Å². The van der Waals surface area contributed by atoms with Crippen molar-refractivity contribution in [3.8, 4) is 22.6 Å². The SMILES string of the molecule is Cc1ccc(-c2ccc(N3CCc4cccc(C(=O)Nc5nc6ccccc6s5)c4C3)nc2C(=O)OC(C)(C)C)cc1Oc1ccccc1. The summed E-state index contributed by atoms with van der Waals surface area (Å²) in [7, 11) is 0. The molecule has 0 saturated heterocycles. The zero-order valence-corrected chi connectivity index (χ0v) is 28.6. The highest BCUT2D eigenvalue weighted by Crippen LogP contribution is 2.35. The quantitative estimate of drug-likeness (QED) is 0.170. The molecule has 49 heavy (non-hydrogen) atoms. The van der Waals surface area contributed by atoms with Crippen LogP contribution in [0, 0.1) is 6.92 Å². The number of aromatic nitrogens is 2. The highest BCUT2D eigenvalue weighted by molar-refractivity contribution is 7.22. The Morgan fingerprint density at radius 1 is 0.878 bits per heavy atom. The number of carbonyl (C=O) groups excluding carboxylic acids is 2. The van der Waals surface area contributed by atoms with Crippen molar-refractivity contribution in [3.63, 3.8) is 0 Å². The number of nitrogens with zero attached hydrogens (tertiary/aromatic N) is 3. The second-order valence-corrected chi connectivity index (χ2v) is 14.0. The van der Waals surface area contributed by atoms with Crippen LogP contribution in [0.2, 0.25) is 0 Å². The molecule has 0 atom stereocenters. The first-order valence-electron chi connectivity index (χ1n) is 16.2. The van der Waals surface area contributed by atoms with Gasteiger partial charge in [0.15, 0.2) is 10.8 Å². The standard InChI is InChI=1S/C40H36N4O4S/c1-25-17-18-27(23-33(25)47-28-12-6-5-7-13-28)29-19-20-35(42-36(29)38(46)48-40(2,3)4)44-22-21-26-11-10-14-30(31(26)24-44)37(45)43-39-41-32-15-8-9-16-34(32)49-39/h5-20,23H,21-22,24H2,1-4H3,(H,41,43,45). The maximum Gasteiger partial charge on any atom is 0.358 e. The van der Waals surface area contributed by atoms with Crippen LogP contribution >= 0.6 is 11.3 Å². The van der Waals surface area contributed by atoms with Gasteiger partial charge in [-0.25, -0.2) is 14.8 Å². The van der Waals surface area contributed by atoms with Gasteiger partial charge in [-0.1, -0.05) is 65.9 Å². The molecule has 8 nitrogen and oxygen atoms in total. The number of hydrogen-bond acceptors (Lipinski definition) is 8. The molecule has 0 bridgehead atoms. The van der Waals surface area contributed by atoms with E-state index in [0.29, 0.717) is 40.9 Å². The van der Waals surface area contributed by atoms with Crippen LogP contribution in [0.1, 0.15) is 58.3 Å². The average Bonchev–Trinajstić information content (AvgIpc) is 3.50. The number of rotatable bonds is 7. The summed E-state index contributed by atoms with van der Waals surface area (Å²) in [5.74, 6) is 1.32. The van der Waals surface area contributed by atoms with Crippen LogP contribution < -0.4 is 15.0 Å². The fourth-order valence-electron chi connectivity index (χ4n) is 5.91. The summed E-state index contributed by atoms with van der Waals surface area (Å²) in [5, 5.41) is 3.57. The predicted octanol–water partition coefficient (Wildman–Crippen LogP) is 9.23. The van der Waals surface area contributed by atoms with E-state index in [2.05, 4.69) is 21.3 Å². The zero-order chi connectivity index (χ0) is 34.1. The van der Waals surface area contributed by atoms with Crippen molar-refractivity contribution < 1.29 is 19.1 Å². The molecule has 0 saturated carbocycles. The predicted molar refractivity (Wildman–Crippen MR) is 195 cm³/mol. The van der Waals surface area contributed by atoms with E-state index in [1.54, 1.807) is 0 Å². The Balaban J connectivity index is 1.20. The maximum atomic E-state index is 13.7. The van der Waals surface area contributed by atoms with Gasteiger partial charge in [-0.3, -0.25) is 10.1 Å². The number of anilines is 2. The van der Waals surface area contributed by atoms with Gasteiger partial charge in [0.1, 0.15) is 22.9 Å². The molecule has 1 amide bonds. The minimum atomic E-state index is -0.712. The Hall–Kier alpha value is -5.54. The molecule has 0 radical (unpaired) electrons. The van der Waals surface area contributed by atoms with Crippen LogP contribution in [0.15, 0.2) is 103 Å². The number of benzene rings is 4. The minimum absolute atomic E-state index is 0.205. The number of para-hydroxylation sites is 2. The molecule has 1 aliphatic rings. The van der Waals surface area contributed by atoms with Gasteiger partial charge in [0.05, 0.1) is 10.2 Å². The molecule has 2 aromatic heterocycles. The highest BCUT2D eigenvalue weighted by Gasteiger charge is 2.27. The summed E-state index contributed by atoms with van der Waals surface area (Å²) in [4.78, 5) is 38.9. The highest BCUT2D eigenvalue weighted by atomic mass is 32.1. The smallest absolute Gasteiger partial charge is 0.358 e. The Labute approximate surface area is 289 Å². The molecular weight excluding hydrogens is 633 g/mol. The molecule has 1 N–H and O–H groups in total. The van der Waals surface area contributed by atoms with Crippen LogP contribution in [0.4, 0.5) is 10.9 Å². The molecule has 1 aliphatic heterocycles. The van der Waals surface area contributed by atoms with Gasteiger partial charge in [-0.05, 0) is 105 Å². The largest absolute Gasteiger partial charge is 0.457 e. The van der Waals surface area contributed by atoms with Crippen molar-refractivity contribution >= 4 is 44.4 Å². The first kappa shape index (κ1) is 32.0. The topological polar surface area (TPSA) is 93.7 Å². The molecule has 6 aromatic rings. The number of ether oxygens (including phenoxy) is 2. The van der Waals surface area contributed by atoms with Gasteiger partial charge in [-0.15, -0.1) is 0 Å². The van der Waals surface area contributed by atoms with Crippen LogP contribution in [-0.2, 0) is 17.7 Å². The van der Waals surface area contributed by atoms with Crippen LogP contribution in [0.3, 0.4) is 0 Å². The number of nitrogens with one attached hydrogen (secondary N) is 1. The Morgan fingerprint density at radius 3 is 2.47 bits per heavy atom. The third-order valence-electron chi connectivity index (χ3n) is 8.30. The van der Waals surface area contributed by atoms with Gasteiger partial charge in [-0.2, -0.15) is 0 Å². The van der Waals surface area contributed by atoms with Crippen LogP contribution in [-0.4, -0.2) is 34.0 Å². The van der Waals surface area contributed by atoms with Gasteiger partial charge in [0.25, 0.3) is 5.91 Å². The lowest BCUT2D eigenvalue weighted by molar-refractivity contribution is 0.00638. The maximum absolute atomic E-state index is 13.7.